The van der Waals surface area contributed by atoms with Crippen molar-refractivity contribution < 1.29 is 14.7 Å². The number of hydrogen-bond donors (Lipinski definition) is 2. The standard InChI is InChI=1S/C31H41N3O3/c1-8-25(6)28(31(36)37)23-29(33-21-17-15-13-11-12-14-16-20-32-7)30(35)34-27(10-3)22-26(9-2)19-18-24(4)5/h8-9,12,14,16-21,23-24,27H,7,10-11,22H2,1-6H3,(H,34,35)(H,36,37)/b14-12-,19-18-,20-16-,21-17+,25-8+,26-9+,28-23+,33-29+. The minimum atomic E-state index is -1.13. The first kappa shape index (κ1) is 33.0. The van der Waals surface area contributed by atoms with Crippen LogP contribution >= 0.6 is 0 Å². The minimum Gasteiger partial charge on any atom is -0.478 e. The maximum absolute atomic E-state index is 13.2. The van der Waals surface area contributed by atoms with Gasteiger partial charge in [0, 0.05) is 30.9 Å². The predicted octanol–water partition coefficient (Wildman–Crippen LogP) is 6.53. The zero-order chi connectivity index (χ0) is 28.1. The summed E-state index contributed by atoms with van der Waals surface area (Å²) < 4.78 is 0. The van der Waals surface area contributed by atoms with Crippen LogP contribution in [0.5, 0.6) is 0 Å². The van der Waals surface area contributed by atoms with Gasteiger partial charge < -0.3 is 10.4 Å². The first-order valence-electron chi connectivity index (χ1n) is 12.4. The number of rotatable bonds is 14. The molecule has 0 aromatic carbocycles. The zero-order valence-corrected chi connectivity index (χ0v) is 23.0. The van der Waals surface area contributed by atoms with E-state index >= 15 is 0 Å². The van der Waals surface area contributed by atoms with E-state index in [9.17, 15) is 14.7 Å². The number of carboxylic acid groups (broad SMARTS) is 1. The van der Waals surface area contributed by atoms with Crippen molar-refractivity contribution in [2.75, 3.05) is 0 Å². The zero-order valence-electron chi connectivity index (χ0n) is 23.0. The van der Waals surface area contributed by atoms with Crippen LogP contribution in [0.3, 0.4) is 0 Å². The van der Waals surface area contributed by atoms with Crippen LogP contribution in [0.2, 0.25) is 0 Å². The van der Waals surface area contributed by atoms with Crippen LogP contribution in [0.4, 0.5) is 0 Å². The summed E-state index contributed by atoms with van der Waals surface area (Å²) in [5, 5.41) is 12.7. The van der Waals surface area contributed by atoms with Crippen LogP contribution in [-0.4, -0.2) is 35.5 Å². The van der Waals surface area contributed by atoms with Gasteiger partial charge in [-0.1, -0.05) is 74.6 Å². The monoisotopic (exact) mass is 503 g/mol. The molecule has 0 fully saturated rings. The van der Waals surface area contributed by atoms with Gasteiger partial charge in [0.05, 0.1) is 5.57 Å². The van der Waals surface area contributed by atoms with Gasteiger partial charge in [-0.2, -0.15) is 0 Å². The van der Waals surface area contributed by atoms with Crippen LogP contribution in [-0.2, 0) is 9.59 Å². The number of nitrogens with zero attached hydrogens (tertiary/aromatic N) is 2. The normalized spacial score (nSPS) is 14.6. The molecule has 1 amide bonds. The number of amides is 1. The van der Waals surface area contributed by atoms with Gasteiger partial charge in [-0.3, -0.25) is 14.8 Å². The lowest BCUT2D eigenvalue weighted by atomic mass is 10.0. The Labute approximate surface area is 222 Å². The molecule has 6 nitrogen and oxygen atoms in total. The van der Waals surface area contributed by atoms with Crippen molar-refractivity contribution in [3.05, 3.63) is 83.8 Å². The van der Waals surface area contributed by atoms with Gasteiger partial charge in [0.2, 0.25) is 0 Å². The molecule has 0 aromatic rings. The number of carbonyl (C=O) groups excluding carboxylic acids is 1. The van der Waals surface area contributed by atoms with Gasteiger partial charge in [-0.15, -0.1) is 0 Å². The van der Waals surface area contributed by atoms with E-state index in [-0.39, 0.29) is 17.3 Å². The molecule has 0 bridgehead atoms. The summed E-state index contributed by atoms with van der Waals surface area (Å²) in [6.07, 6.45) is 21.0. The number of aliphatic imine (C=N–C) groups is 2. The van der Waals surface area contributed by atoms with Gasteiger partial charge in [0.1, 0.15) is 5.71 Å². The molecular formula is C31H41N3O3. The minimum absolute atomic E-state index is 0.00295. The highest BCUT2D eigenvalue weighted by molar-refractivity contribution is 6.44. The molecule has 0 rings (SSSR count). The third kappa shape index (κ3) is 15.6. The van der Waals surface area contributed by atoms with Gasteiger partial charge >= 0.3 is 5.97 Å². The number of nitrogens with one attached hydrogen (secondary N) is 1. The summed E-state index contributed by atoms with van der Waals surface area (Å²) >= 11 is 0. The third-order valence-electron chi connectivity index (χ3n) is 5.11. The quantitative estimate of drug-likeness (QED) is 0.122. The molecule has 0 saturated carbocycles. The molecule has 0 aliphatic carbocycles. The van der Waals surface area contributed by atoms with E-state index in [1.807, 2.05) is 32.1 Å². The summed E-state index contributed by atoms with van der Waals surface area (Å²) in [5.41, 5.74) is 1.65. The molecule has 1 atom stereocenters. The topological polar surface area (TPSA) is 91.1 Å². The summed E-state index contributed by atoms with van der Waals surface area (Å²) in [6, 6.07) is -0.133. The fourth-order valence-electron chi connectivity index (χ4n) is 2.83. The number of hydrogen-bond acceptors (Lipinski definition) is 4. The SMILES string of the molecule is C=N/C=C\C=C/CC#C/C=C/N=C(\C=C(C(=O)O)/C(C)=C/C)C(=O)NC(CC)CC(/C=C\C(C)C)=C/C. The molecule has 0 aliphatic rings. The highest BCUT2D eigenvalue weighted by atomic mass is 16.4. The fourth-order valence-corrected chi connectivity index (χ4v) is 2.83. The van der Waals surface area contributed by atoms with Crippen LogP contribution in [0.1, 0.15) is 60.8 Å². The Morgan fingerprint density at radius 3 is 2.43 bits per heavy atom. The van der Waals surface area contributed by atoms with Gasteiger partial charge in [0.25, 0.3) is 5.91 Å². The van der Waals surface area contributed by atoms with Crippen LogP contribution < -0.4 is 5.32 Å². The molecule has 0 saturated heterocycles. The maximum atomic E-state index is 13.2. The van der Waals surface area contributed by atoms with Gasteiger partial charge in [-0.05, 0) is 64.0 Å². The molecule has 0 heterocycles. The molecule has 2 N–H and O–H groups in total. The molecule has 0 radical (unpaired) electrons. The summed E-state index contributed by atoms with van der Waals surface area (Å²) in [6.45, 7) is 15.0. The van der Waals surface area contributed by atoms with Crippen molar-refractivity contribution in [2.45, 2.75) is 66.8 Å². The first-order valence-corrected chi connectivity index (χ1v) is 12.4. The first-order chi connectivity index (χ1) is 17.7. The van der Waals surface area contributed by atoms with E-state index in [1.54, 1.807) is 32.2 Å². The molecule has 0 spiro atoms. The van der Waals surface area contributed by atoms with Crippen LogP contribution in [0.15, 0.2) is 93.8 Å². The molecule has 0 aliphatic heterocycles. The lowest BCUT2D eigenvalue weighted by molar-refractivity contribution is -0.132. The Morgan fingerprint density at radius 1 is 1.14 bits per heavy atom. The Morgan fingerprint density at radius 2 is 1.86 bits per heavy atom. The lowest BCUT2D eigenvalue weighted by Crippen LogP contribution is -2.38. The van der Waals surface area contributed by atoms with Gasteiger partial charge in [0.15, 0.2) is 0 Å². The fraction of sp³-hybridized carbons (Fsp3) is 0.355. The Kier molecular flexibility index (Phi) is 18.1. The lowest BCUT2D eigenvalue weighted by Gasteiger charge is -2.18. The number of carboxylic acids is 1. The Bertz CT molecular complexity index is 1070. The molecule has 0 aromatic heterocycles. The Hall–Kier alpha value is -3.98. The van der Waals surface area contributed by atoms with Crippen molar-refractivity contribution in [2.24, 2.45) is 15.9 Å². The molecule has 6 heteroatoms. The molecular weight excluding hydrogens is 462 g/mol. The van der Waals surface area contributed by atoms with Crippen LogP contribution in [0.25, 0.3) is 0 Å². The van der Waals surface area contributed by atoms with Gasteiger partial charge in [-0.25, -0.2) is 4.79 Å². The summed E-state index contributed by atoms with van der Waals surface area (Å²) in [4.78, 5) is 32.8. The maximum Gasteiger partial charge on any atom is 0.336 e. The summed E-state index contributed by atoms with van der Waals surface area (Å²) in [7, 11) is 0. The third-order valence-corrected chi connectivity index (χ3v) is 5.11. The van der Waals surface area contributed by atoms with Crippen LogP contribution in [0, 0.1) is 17.8 Å². The van der Waals surface area contributed by atoms with Crippen molar-refractivity contribution in [1.29, 1.82) is 0 Å². The highest BCUT2D eigenvalue weighted by Gasteiger charge is 2.18. The highest BCUT2D eigenvalue weighted by Crippen LogP contribution is 2.13. The number of allylic oxidation sites excluding steroid dienone is 8. The van der Waals surface area contributed by atoms with Crippen molar-refractivity contribution in [3.63, 3.8) is 0 Å². The van der Waals surface area contributed by atoms with Crippen molar-refractivity contribution in [1.82, 2.24) is 5.32 Å². The van der Waals surface area contributed by atoms with E-state index in [0.29, 0.717) is 30.8 Å². The second-order valence-corrected chi connectivity index (χ2v) is 8.39. The molecule has 37 heavy (non-hydrogen) atoms. The second-order valence-electron chi connectivity index (χ2n) is 8.39. The number of carbonyl (C=O) groups is 2. The van der Waals surface area contributed by atoms with E-state index in [2.05, 4.69) is 59.9 Å². The van der Waals surface area contributed by atoms with Crippen molar-refractivity contribution in [3.8, 4) is 11.8 Å². The van der Waals surface area contributed by atoms with E-state index in [0.717, 1.165) is 5.57 Å². The predicted molar refractivity (Wildman–Crippen MR) is 157 cm³/mol. The molecule has 1 unspecified atom stereocenters. The van der Waals surface area contributed by atoms with E-state index in [4.69, 9.17) is 0 Å². The smallest absolute Gasteiger partial charge is 0.336 e. The number of aliphatic carboxylic acids is 1. The largest absolute Gasteiger partial charge is 0.478 e. The molecule has 198 valence electrons. The average Bonchev–Trinajstić information content (AvgIpc) is 2.87. The summed E-state index contributed by atoms with van der Waals surface area (Å²) in [5.74, 6) is 4.63. The second kappa shape index (κ2) is 20.2. The van der Waals surface area contributed by atoms with Crippen molar-refractivity contribution >= 4 is 24.3 Å². The van der Waals surface area contributed by atoms with E-state index in [1.165, 1.54) is 18.4 Å². The Balaban J connectivity index is 5.90. The average molecular weight is 504 g/mol. The van der Waals surface area contributed by atoms with E-state index < -0.39 is 11.9 Å².